The third-order valence-corrected chi connectivity index (χ3v) is 4.46. The fraction of sp³-hybridized carbons (Fsp3) is 0.118. The number of benzene rings is 2. The van der Waals surface area contributed by atoms with Gasteiger partial charge in [-0.25, -0.2) is 4.79 Å². The van der Waals surface area contributed by atoms with E-state index in [0.717, 1.165) is 0 Å². The van der Waals surface area contributed by atoms with Crippen molar-refractivity contribution >= 4 is 81.3 Å². The van der Waals surface area contributed by atoms with Crippen LogP contribution in [0.5, 0.6) is 0 Å². The Labute approximate surface area is 186 Å². The molecule has 0 spiro atoms. The number of amides is 1. The van der Waals surface area contributed by atoms with Gasteiger partial charge in [0.15, 0.2) is 5.11 Å². The van der Waals surface area contributed by atoms with Crippen LogP contribution in [-0.2, 0) is 0 Å². The SMILES string of the molecule is O=C(O)c1ccc(NC(=S)N[C@@H](NC(=O)c2cccc(Cl)c2)C(Cl)(Cl)Cl)cc1. The number of aromatic carboxylic acids is 1. The van der Waals surface area contributed by atoms with E-state index in [1.165, 1.54) is 30.3 Å². The van der Waals surface area contributed by atoms with Crippen molar-refractivity contribution in [1.29, 1.82) is 0 Å². The first-order valence-corrected chi connectivity index (χ1v) is 9.52. The second-order valence-corrected chi connectivity index (χ2v) is 8.65. The van der Waals surface area contributed by atoms with E-state index in [1.54, 1.807) is 18.2 Å². The standard InChI is InChI=1S/C17H13Cl4N3O3S/c18-11-3-1-2-10(8-11)13(25)23-15(17(19,20)21)24-16(28)22-12-6-4-9(5-7-12)14(26)27/h1-8,15H,(H,23,25)(H,26,27)(H2,22,24,28)/t15-/m1/s1. The minimum absolute atomic E-state index is 0.0470. The highest BCUT2D eigenvalue weighted by molar-refractivity contribution is 7.80. The number of carbonyl (C=O) groups is 2. The highest BCUT2D eigenvalue weighted by Crippen LogP contribution is 2.29. The summed E-state index contributed by atoms with van der Waals surface area (Å²) in [6, 6.07) is 12.1. The molecule has 1 atom stereocenters. The molecule has 2 rings (SSSR count). The van der Waals surface area contributed by atoms with Crippen molar-refractivity contribution in [3.63, 3.8) is 0 Å². The van der Waals surface area contributed by atoms with Gasteiger partial charge in [-0.2, -0.15) is 0 Å². The zero-order valence-corrected chi connectivity index (χ0v) is 17.7. The van der Waals surface area contributed by atoms with Gasteiger partial charge in [0.25, 0.3) is 5.91 Å². The minimum Gasteiger partial charge on any atom is -0.478 e. The number of hydrogen-bond acceptors (Lipinski definition) is 3. The van der Waals surface area contributed by atoms with Crippen LogP contribution in [0, 0.1) is 0 Å². The largest absolute Gasteiger partial charge is 0.478 e. The second kappa shape index (κ2) is 9.62. The number of carboxylic acids is 1. The number of hydrogen-bond donors (Lipinski definition) is 4. The number of carbonyl (C=O) groups excluding carboxylic acids is 1. The molecule has 4 N–H and O–H groups in total. The van der Waals surface area contributed by atoms with Crippen molar-refractivity contribution in [2.24, 2.45) is 0 Å². The number of nitrogens with one attached hydrogen (secondary N) is 3. The van der Waals surface area contributed by atoms with E-state index in [1.807, 2.05) is 0 Å². The van der Waals surface area contributed by atoms with Crippen LogP contribution < -0.4 is 16.0 Å². The van der Waals surface area contributed by atoms with Gasteiger partial charge in [0.1, 0.15) is 6.17 Å². The summed E-state index contributed by atoms with van der Waals surface area (Å²) in [6.45, 7) is 0. The summed E-state index contributed by atoms with van der Waals surface area (Å²) in [5, 5.41) is 17.4. The van der Waals surface area contributed by atoms with Crippen molar-refractivity contribution in [1.82, 2.24) is 10.6 Å². The van der Waals surface area contributed by atoms with Crippen molar-refractivity contribution in [2.45, 2.75) is 9.96 Å². The number of anilines is 1. The third kappa shape index (κ3) is 6.68. The predicted octanol–water partition coefficient (Wildman–Crippen LogP) is 4.45. The molecular formula is C17H13Cl4N3O3S. The summed E-state index contributed by atoms with van der Waals surface area (Å²) in [5.41, 5.74) is 0.904. The van der Waals surface area contributed by atoms with E-state index in [9.17, 15) is 9.59 Å². The molecule has 0 bridgehead atoms. The van der Waals surface area contributed by atoms with Gasteiger partial charge in [0.05, 0.1) is 5.56 Å². The van der Waals surface area contributed by atoms with Crippen molar-refractivity contribution in [2.75, 3.05) is 5.32 Å². The summed E-state index contributed by atoms with van der Waals surface area (Å²) >= 11 is 28.9. The number of carboxylic acid groups (broad SMARTS) is 1. The van der Waals surface area contributed by atoms with Crippen molar-refractivity contribution in [3.8, 4) is 0 Å². The Balaban J connectivity index is 2.06. The number of rotatable bonds is 5. The fourth-order valence-electron chi connectivity index (χ4n) is 2.04. The summed E-state index contributed by atoms with van der Waals surface area (Å²) in [7, 11) is 0. The molecule has 0 aliphatic rings. The van der Waals surface area contributed by atoms with Crippen molar-refractivity contribution in [3.05, 3.63) is 64.7 Å². The first kappa shape index (κ1) is 22.5. The maximum Gasteiger partial charge on any atom is 0.335 e. The Morgan fingerprint density at radius 3 is 2.18 bits per heavy atom. The molecule has 148 valence electrons. The lowest BCUT2D eigenvalue weighted by atomic mass is 10.2. The topological polar surface area (TPSA) is 90.5 Å². The molecule has 2 aromatic carbocycles. The first-order chi connectivity index (χ1) is 13.1. The highest BCUT2D eigenvalue weighted by Gasteiger charge is 2.35. The van der Waals surface area contributed by atoms with E-state index in [-0.39, 0.29) is 16.2 Å². The Bertz CT molecular complexity index is 888. The Kier molecular flexibility index (Phi) is 7.74. The van der Waals surface area contributed by atoms with Gasteiger partial charge in [-0.05, 0) is 54.7 Å². The van der Waals surface area contributed by atoms with Gasteiger partial charge in [0.2, 0.25) is 3.79 Å². The smallest absolute Gasteiger partial charge is 0.335 e. The van der Waals surface area contributed by atoms with Crippen LogP contribution in [0.2, 0.25) is 5.02 Å². The predicted molar refractivity (Wildman–Crippen MR) is 116 cm³/mol. The summed E-state index contributed by atoms with van der Waals surface area (Å²) in [5.74, 6) is -1.58. The molecule has 0 unspecified atom stereocenters. The molecule has 6 nitrogen and oxygen atoms in total. The van der Waals surface area contributed by atoms with Crippen LogP contribution >= 0.6 is 58.6 Å². The molecule has 0 saturated heterocycles. The van der Waals surface area contributed by atoms with Gasteiger partial charge in [-0.1, -0.05) is 52.5 Å². The van der Waals surface area contributed by atoms with Crippen LogP contribution in [0.25, 0.3) is 0 Å². The fourth-order valence-corrected chi connectivity index (χ4v) is 2.79. The maximum atomic E-state index is 12.4. The molecular weight excluding hydrogens is 468 g/mol. The first-order valence-electron chi connectivity index (χ1n) is 7.60. The van der Waals surface area contributed by atoms with E-state index in [0.29, 0.717) is 10.7 Å². The van der Waals surface area contributed by atoms with E-state index in [4.69, 9.17) is 63.7 Å². The lowest BCUT2D eigenvalue weighted by molar-refractivity contribution is 0.0696. The van der Waals surface area contributed by atoms with Gasteiger partial charge < -0.3 is 21.1 Å². The molecule has 0 heterocycles. The van der Waals surface area contributed by atoms with Crippen LogP contribution in [0.4, 0.5) is 5.69 Å². The molecule has 2 aromatic rings. The molecule has 0 aromatic heterocycles. The summed E-state index contributed by atoms with van der Waals surface area (Å²) in [6.07, 6.45) is -1.16. The molecule has 0 fully saturated rings. The summed E-state index contributed by atoms with van der Waals surface area (Å²) < 4.78 is -1.92. The molecule has 11 heteroatoms. The average molecular weight is 481 g/mol. The lowest BCUT2D eigenvalue weighted by Gasteiger charge is -2.27. The Hall–Kier alpha value is -1.77. The molecule has 0 aliphatic carbocycles. The zero-order valence-electron chi connectivity index (χ0n) is 13.9. The second-order valence-electron chi connectivity index (χ2n) is 5.44. The summed E-state index contributed by atoms with van der Waals surface area (Å²) in [4.78, 5) is 23.3. The van der Waals surface area contributed by atoms with E-state index >= 15 is 0 Å². The van der Waals surface area contributed by atoms with E-state index < -0.39 is 21.8 Å². The molecule has 28 heavy (non-hydrogen) atoms. The van der Waals surface area contributed by atoms with Gasteiger partial charge in [-0.3, -0.25) is 4.79 Å². The molecule has 0 saturated carbocycles. The van der Waals surface area contributed by atoms with Gasteiger partial charge in [-0.15, -0.1) is 0 Å². The maximum absolute atomic E-state index is 12.4. The number of halogens is 4. The normalized spacial score (nSPS) is 12.0. The average Bonchev–Trinajstić information content (AvgIpc) is 2.60. The minimum atomic E-state index is -1.92. The number of thiocarbonyl (C=S) groups is 1. The molecule has 0 aliphatic heterocycles. The highest BCUT2D eigenvalue weighted by atomic mass is 35.6. The Morgan fingerprint density at radius 2 is 1.64 bits per heavy atom. The van der Waals surface area contributed by atoms with Crippen molar-refractivity contribution < 1.29 is 14.7 Å². The van der Waals surface area contributed by atoms with Gasteiger partial charge >= 0.3 is 5.97 Å². The van der Waals surface area contributed by atoms with Crippen LogP contribution in [0.1, 0.15) is 20.7 Å². The quantitative estimate of drug-likeness (QED) is 0.287. The van der Waals surface area contributed by atoms with Crippen LogP contribution in [-0.4, -0.2) is 32.1 Å². The third-order valence-electron chi connectivity index (χ3n) is 3.35. The zero-order chi connectivity index (χ0) is 20.9. The monoisotopic (exact) mass is 479 g/mol. The van der Waals surface area contributed by atoms with Crippen LogP contribution in [0.15, 0.2) is 48.5 Å². The lowest BCUT2D eigenvalue weighted by Crippen LogP contribution is -2.56. The van der Waals surface area contributed by atoms with Gasteiger partial charge in [0, 0.05) is 16.3 Å². The Morgan fingerprint density at radius 1 is 1.00 bits per heavy atom. The van der Waals surface area contributed by atoms with E-state index in [2.05, 4.69) is 16.0 Å². The molecule has 1 amide bonds. The van der Waals surface area contributed by atoms with Crippen LogP contribution in [0.3, 0.4) is 0 Å². The number of alkyl halides is 3. The molecule has 0 radical (unpaired) electrons.